The first-order valence-corrected chi connectivity index (χ1v) is 26.8. The van der Waals surface area contributed by atoms with E-state index >= 15 is 0 Å². The molecule has 0 radical (unpaired) electrons. The van der Waals surface area contributed by atoms with Gasteiger partial charge in [-0.3, -0.25) is 9.59 Å². The maximum Gasteiger partial charge on any atom is 0.336 e. The molecule has 0 saturated carbocycles. The number of benzene rings is 5. The van der Waals surface area contributed by atoms with Crippen LogP contribution in [0.4, 0.5) is 0 Å². The zero-order valence-electron chi connectivity index (χ0n) is 49.0. The molecule has 4 heterocycles. The summed E-state index contributed by atoms with van der Waals surface area (Å²) in [5, 5.41) is 3.51. The lowest BCUT2D eigenvalue weighted by Crippen LogP contribution is -2.26. The van der Waals surface area contributed by atoms with Gasteiger partial charge in [0.1, 0.15) is 47.0 Å². The van der Waals surface area contributed by atoms with Gasteiger partial charge in [0, 0.05) is 62.7 Å². The van der Waals surface area contributed by atoms with Gasteiger partial charge in [-0.25, -0.2) is 19.2 Å². The van der Waals surface area contributed by atoms with E-state index in [1.807, 2.05) is 65.8 Å². The number of ether oxygens (including phenoxy) is 2. The zero-order chi connectivity index (χ0) is 59.0. The van der Waals surface area contributed by atoms with Gasteiger partial charge in [-0.05, 0) is 130 Å². The molecular weight excluding hydrogens is 1010 g/mol. The molecule has 0 unspecified atom stereocenters. The average molecular weight is 1090 g/mol. The number of carbonyl (C=O) groups excluding carboxylic acids is 2. The third kappa shape index (κ3) is 17.4. The number of Topliss-reactive ketones (excluding diaryl/α,β-unsaturated/α-hetero) is 2. The number of fused-ring (bicyclic) bond motifs is 5. The summed E-state index contributed by atoms with van der Waals surface area (Å²) in [6.45, 7) is 30.8. The Bertz CT molecular complexity index is 3890. The molecule has 0 bridgehead atoms. The predicted octanol–water partition coefficient (Wildman–Crippen LogP) is 14.8. The summed E-state index contributed by atoms with van der Waals surface area (Å²) in [5.41, 5.74) is 7.55. The second-order valence-corrected chi connectivity index (χ2v) is 25.1. The van der Waals surface area contributed by atoms with Crippen molar-refractivity contribution in [1.29, 1.82) is 0 Å². The Morgan fingerprint density at radius 1 is 0.350 bits per heavy atom. The van der Waals surface area contributed by atoms with Crippen molar-refractivity contribution < 1.29 is 36.7 Å². The average Bonchev–Trinajstić information content (AvgIpc) is 3.42. The van der Waals surface area contributed by atoms with Crippen LogP contribution in [0.25, 0.3) is 43.9 Å². The minimum absolute atomic E-state index is 0.00602. The number of ketones is 2. The molecule has 0 saturated heterocycles. The Hall–Kier alpha value is -8.12. The third-order valence-corrected chi connectivity index (χ3v) is 13.3. The van der Waals surface area contributed by atoms with Gasteiger partial charge < -0.3 is 27.1 Å². The van der Waals surface area contributed by atoms with Crippen LogP contribution in [-0.2, 0) is 38.7 Å². The number of carbonyl (C=O) groups is 2. The van der Waals surface area contributed by atoms with Gasteiger partial charge in [-0.2, -0.15) is 0 Å². The molecule has 1 aliphatic carbocycles. The molecule has 0 atom stereocenters. The fraction of sp³-hybridized carbons (Fsp3) is 0.353. The molecular formula is C68H76O12. The smallest absolute Gasteiger partial charge is 0.336 e. The van der Waals surface area contributed by atoms with E-state index in [4.69, 9.17) is 27.1 Å². The van der Waals surface area contributed by atoms with Crippen molar-refractivity contribution in [1.82, 2.24) is 0 Å². The van der Waals surface area contributed by atoms with Gasteiger partial charge in [-0.1, -0.05) is 140 Å². The highest BCUT2D eigenvalue weighted by Crippen LogP contribution is 2.31. The van der Waals surface area contributed by atoms with Crippen LogP contribution in [0.3, 0.4) is 0 Å². The van der Waals surface area contributed by atoms with Crippen molar-refractivity contribution in [3.63, 3.8) is 0 Å². The van der Waals surface area contributed by atoms with E-state index in [1.54, 1.807) is 71.8 Å². The Morgan fingerprint density at radius 2 is 0.688 bits per heavy atom. The van der Waals surface area contributed by atoms with Crippen molar-refractivity contribution in [2.45, 2.75) is 133 Å². The lowest BCUT2D eigenvalue weighted by Gasteiger charge is -2.25. The summed E-state index contributed by atoms with van der Waals surface area (Å²) >= 11 is 0. The molecule has 9 aromatic rings. The Balaban J connectivity index is 0.000000163. The number of hydrogen-bond donors (Lipinski definition) is 0. The predicted molar refractivity (Wildman–Crippen MR) is 320 cm³/mol. The maximum absolute atomic E-state index is 11.8. The highest BCUT2D eigenvalue weighted by molar-refractivity contribution is 5.86. The summed E-state index contributed by atoms with van der Waals surface area (Å²) in [6.07, 6.45) is 2.58. The van der Waals surface area contributed by atoms with Crippen molar-refractivity contribution in [2.24, 2.45) is 10.8 Å². The molecule has 0 aliphatic heterocycles. The molecule has 420 valence electrons. The first-order chi connectivity index (χ1) is 37.2. The van der Waals surface area contributed by atoms with E-state index in [0.717, 1.165) is 21.5 Å². The summed E-state index contributed by atoms with van der Waals surface area (Å²) < 4.78 is 31.2. The standard InChI is InChI=1S/2C15H16O4.2C13H14O2.C12H16/c1-15(2,3)13(16)9-18-11-5-6-12-10(8-11)4-7-14(17)19-12;1-15(2,3)13(16)9-18-11-6-4-10-5-7-14(17)19-12(10)8-11;1-13(2,3)10-5-6-11-9(8-10)4-7-12(14)15-11;1-13(2,3)10-6-4-9-5-7-12(14)15-11(9)8-10;1-12(2,3)11-7-6-9-4-5-10(9)8-11/h2*4-8H,9H2,1-3H3;2*4-8H,1-3H3;6-8H,4-5H2,1-3H3. The van der Waals surface area contributed by atoms with E-state index in [0.29, 0.717) is 39.2 Å². The Morgan fingerprint density at radius 3 is 1.14 bits per heavy atom. The zero-order valence-corrected chi connectivity index (χ0v) is 49.0. The Labute approximate surface area is 467 Å². The second kappa shape index (κ2) is 24.9. The highest BCUT2D eigenvalue weighted by atomic mass is 16.5. The second-order valence-electron chi connectivity index (χ2n) is 25.1. The van der Waals surface area contributed by atoms with E-state index in [9.17, 15) is 28.8 Å². The molecule has 12 heteroatoms. The molecule has 0 N–H and O–H groups in total. The van der Waals surface area contributed by atoms with Crippen LogP contribution in [0.15, 0.2) is 176 Å². The van der Waals surface area contributed by atoms with E-state index < -0.39 is 16.5 Å². The van der Waals surface area contributed by atoms with Crippen LogP contribution in [0.2, 0.25) is 0 Å². The molecule has 4 aromatic heterocycles. The largest absolute Gasteiger partial charge is 0.486 e. The van der Waals surface area contributed by atoms with Crippen molar-refractivity contribution >= 4 is 55.4 Å². The Kier molecular flexibility index (Phi) is 19.0. The molecule has 80 heavy (non-hydrogen) atoms. The lowest BCUT2D eigenvalue weighted by molar-refractivity contribution is -0.128. The van der Waals surface area contributed by atoms with Crippen LogP contribution in [0.1, 0.15) is 132 Å². The van der Waals surface area contributed by atoms with E-state index in [-0.39, 0.29) is 52.5 Å². The SMILES string of the molecule is CC(C)(C)C(=O)COc1ccc2ccc(=O)oc2c1.CC(C)(C)C(=O)COc1ccc2oc(=O)ccc2c1.CC(C)(C)c1ccc2c(c1)CC2.CC(C)(C)c1ccc2ccc(=O)oc2c1.CC(C)(C)c1ccc2oc(=O)ccc2c1. The molecule has 0 fully saturated rings. The lowest BCUT2D eigenvalue weighted by atomic mass is 9.80. The van der Waals surface area contributed by atoms with Crippen LogP contribution in [0, 0.1) is 10.8 Å². The number of rotatable bonds is 6. The summed E-state index contributed by atoms with van der Waals surface area (Å²) in [4.78, 5) is 67.8. The molecule has 10 rings (SSSR count). The summed E-state index contributed by atoms with van der Waals surface area (Å²) in [6, 6.07) is 41.7. The summed E-state index contributed by atoms with van der Waals surface area (Å²) in [7, 11) is 0. The molecule has 12 nitrogen and oxygen atoms in total. The molecule has 0 spiro atoms. The normalized spacial score (nSPS) is 12.2. The van der Waals surface area contributed by atoms with E-state index in [1.165, 1.54) is 53.8 Å². The fourth-order valence-electron chi connectivity index (χ4n) is 7.73. The first kappa shape index (κ1) is 61.1. The van der Waals surface area contributed by atoms with Crippen LogP contribution < -0.4 is 32.0 Å². The van der Waals surface area contributed by atoms with Crippen LogP contribution in [-0.4, -0.2) is 24.8 Å². The maximum atomic E-state index is 11.8. The van der Waals surface area contributed by atoms with Gasteiger partial charge >= 0.3 is 22.5 Å². The fourth-order valence-corrected chi connectivity index (χ4v) is 7.73. The van der Waals surface area contributed by atoms with Gasteiger partial charge in [0.25, 0.3) is 0 Å². The van der Waals surface area contributed by atoms with Crippen molar-refractivity contribution in [3.05, 3.63) is 209 Å². The first-order valence-electron chi connectivity index (χ1n) is 26.8. The van der Waals surface area contributed by atoms with E-state index in [2.05, 4.69) is 92.6 Å². The number of aryl methyl sites for hydroxylation is 2. The van der Waals surface area contributed by atoms with Gasteiger partial charge in [0.15, 0.2) is 11.6 Å². The molecule has 0 amide bonds. The molecule has 1 aliphatic rings. The van der Waals surface area contributed by atoms with Gasteiger partial charge in [-0.15, -0.1) is 0 Å². The van der Waals surface area contributed by atoms with Gasteiger partial charge in [0.05, 0.1) is 0 Å². The quantitative estimate of drug-likeness (QED) is 0.144. The van der Waals surface area contributed by atoms with Crippen molar-refractivity contribution in [3.8, 4) is 11.5 Å². The highest BCUT2D eigenvalue weighted by Gasteiger charge is 2.23. The van der Waals surface area contributed by atoms with Crippen LogP contribution in [0.5, 0.6) is 11.5 Å². The minimum Gasteiger partial charge on any atom is -0.486 e. The van der Waals surface area contributed by atoms with Crippen molar-refractivity contribution in [2.75, 3.05) is 13.2 Å². The van der Waals surface area contributed by atoms with Gasteiger partial charge in [0.2, 0.25) is 0 Å². The monoisotopic (exact) mass is 1080 g/mol. The summed E-state index contributed by atoms with van der Waals surface area (Å²) in [5.74, 6) is 1.15. The topological polar surface area (TPSA) is 173 Å². The van der Waals surface area contributed by atoms with Crippen LogP contribution >= 0.6 is 0 Å². The molecule has 5 aromatic carbocycles. The number of hydrogen-bond acceptors (Lipinski definition) is 12. The third-order valence-electron chi connectivity index (χ3n) is 13.3. The minimum atomic E-state index is -0.427.